The van der Waals surface area contributed by atoms with Gasteiger partial charge in [0, 0.05) is 12.6 Å². The molecule has 2 aliphatic rings. The highest BCUT2D eigenvalue weighted by molar-refractivity contribution is 5.43. The van der Waals surface area contributed by atoms with Crippen LogP contribution in [0.25, 0.3) is 0 Å². The van der Waals surface area contributed by atoms with Gasteiger partial charge < -0.3 is 14.8 Å². The molecule has 1 aromatic carbocycles. The van der Waals surface area contributed by atoms with Gasteiger partial charge in [-0.25, -0.2) is 0 Å². The largest absolute Gasteiger partial charge is 0.486 e. The Labute approximate surface area is 121 Å². The molecule has 2 unspecified atom stereocenters. The first-order chi connectivity index (χ1) is 9.53. The summed E-state index contributed by atoms with van der Waals surface area (Å²) >= 11 is 0. The number of fused-ring (bicyclic) bond motifs is 1. The van der Waals surface area contributed by atoms with E-state index < -0.39 is 0 Å². The molecule has 3 nitrogen and oxygen atoms in total. The third-order valence-corrected chi connectivity index (χ3v) is 4.51. The summed E-state index contributed by atoms with van der Waals surface area (Å²) in [4.78, 5) is 0. The minimum absolute atomic E-state index is 0.476. The normalized spacial score (nSPS) is 27.6. The highest BCUT2D eigenvalue weighted by Gasteiger charge is 2.36. The summed E-state index contributed by atoms with van der Waals surface area (Å²) in [6, 6.07) is 6.88. The van der Waals surface area contributed by atoms with Crippen molar-refractivity contribution in [3.8, 4) is 11.5 Å². The quantitative estimate of drug-likeness (QED) is 0.917. The van der Waals surface area contributed by atoms with Crippen LogP contribution in [0.15, 0.2) is 18.2 Å². The van der Waals surface area contributed by atoms with Crippen molar-refractivity contribution in [1.82, 2.24) is 5.32 Å². The number of hydrogen-bond donors (Lipinski definition) is 1. The standard InChI is InChI=1S/C17H25NO2/c1-12-9-17(2,3)10-14(12)18-11-13-4-5-15-16(8-13)20-7-6-19-15/h4-5,8,12,14,18H,6-7,9-11H2,1-3H3. The van der Waals surface area contributed by atoms with Crippen LogP contribution < -0.4 is 14.8 Å². The Bertz CT molecular complexity index is 484. The summed E-state index contributed by atoms with van der Waals surface area (Å²) in [5.74, 6) is 2.51. The molecule has 0 bridgehead atoms. The monoisotopic (exact) mass is 275 g/mol. The second-order valence-electron chi connectivity index (χ2n) is 7.02. The van der Waals surface area contributed by atoms with Crippen molar-refractivity contribution in [3.05, 3.63) is 23.8 Å². The molecule has 110 valence electrons. The molecule has 0 radical (unpaired) electrons. The van der Waals surface area contributed by atoms with E-state index in [1.165, 1.54) is 18.4 Å². The maximum Gasteiger partial charge on any atom is 0.161 e. The number of benzene rings is 1. The summed E-state index contributed by atoms with van der Waals surface area (Å²) < 4.78 is 11.2. The molecule has 0 spiro atoms. The second-order valence-corrected chi connectivity index (χ2v) is 7.02. The lowest BCUT2D eigenvalue weighted by Crippen LogP contribution is -2.31. The van der Waals surface area contributed by atoms with Crippen molar-refractivity contribution in [2.45, 2.75) is 46.2 Å². The van der Waals surface area contributed by atoms with Crippen LogP contribution in [0.5, 0.6) is 11.5 Å². The van der Waals surface area contributed by atoms with Gasteiger partial charge in [0.15, 0.2) is 11.5 Å². The minimum atomic E-state index is 0.476. The lowest BCUT2D eigenvalue weighted by Gasteiger charge is -2.21. The molecule has 1 aromatic rings. The molecule has 1 aliphatic carbocycles. The van der Waals surface area contributed by atoms with Crippen LogP contribution in [-0.2, 0) is 6.54 Å². The van der Waals surface area contributed by atoms with E-state index in [1.54, 1.807) is 0 Å². The maximum atomic E-state index is 5.64. The summed E-state index contributed by atoms with van der Waals surface area (Å²) in [5.41, 5.74) is 1.75. The molecule has 3 rings (SSSR count). The predicted molar refractivity (Wildman–Crippen MR) is 80.2 cm³/mol. The van der Waals surface area contributed by atoms with Crippen molar-refractivity contribution < 1.29 is 9.47 Å². The van der Waals surface area contributed by atoms with Gasteiger partial charge in [-0.3, -0.25) is 0 Å². The molecule has 0 saturated heterocycles. The first kappa shape index (κ1) is 13.7. The molecule has 1 aliphatic heterocycles. The Balaban J connectivity index is 1.61. The van der Waals surface area contributed by atoms with Crippen LogP contribution in [0.4, 0.5) is 0 Å². The highest BCUT2D eigenvalue weighted by atomic mass is 16.6. The van der Waals surface area contributed by atoms with Gasteiger partial charge in [0.05, 0.1) is 0 Å². The first-order valence-electron chi connectivity index (χ1n) is 7.65. The first-order valence-corrected chi connectivity index (χ1v) is 7.65. The molecule has 1 fully saturated rings. The molecule has 1 heterocycles. The fourth-order valence-corrected chi connectivity index (χ4v) is 3.61. The second kappa shape index (κ2) is 5.28. The van der Waals surface area contributed by atoms with Crippen molar-refractivity contribution in [1.29, 1.82) is 0 Å². The summed E-state index contributed by atoms with van der Waals surface area (Å²) in [6.07, 6.45) is 2.57. The summed E-state index contributed by atoms with van der Waals surface area (Å²) in [7, 11) is 0. The van der Waals surface area contributed by atoms with E-state index in [0.29, 0.717) is 24.7 Å². The zero-order valence-electron chi connectivity index (χ0n) is 12.7. The van der Waals surface area contributed by atoms with Crippen LogP contribution in [0.1, 0.15) is 39.2 Å². The van der Waals surface area contributed by atoms with Gasteiger partial charge in [0.25, 0.3) is 0 Å². The van der Waals surface area contributed by atoms with E-state index in [0.717, 1.165) is 24.0 Å². The van der Waals surface area contributed by atoms with Crippen LogP contribution in [0.2, 0.25) is 0 Å². The van der Waals surface area contributed by atoms with Crippen molar-refractivity contribution in [3.63, 3.8) is 0 Å². The zero-order chi connectivity index (χ0) is 14.2. The summed E-state index contributed by atoms with van der Waals surface area (Å²) in [5, 5.41) is 3.71. The molecular weight excluding hydrogens is 250 g/mol. The molecule has 0 aromatic heterocycles. The smallest absolute Gasteiger partial charge is 0.161 e. The van der Waals surface area contributed by atoms with Crippen LogP contribution in [0.3, 0.4) is 0 Å². The Morgan fingerprint density at radius 1 is 1.15 bits per heavy atom. The number of hydrogen-bond acceptors (Lipinski definition) is 3. The fraction of sp³-hybridized carbons (Fsp3) is 0.647. The van der Waals surface area contributed by atoms with Gasteiger partial charge in [0.1, 0.15) is 13.2 Å². The number of nitrogens with one attached hydrogen (secondary N) is 1. The third-order valence-electron chi connectivity index (χ3n) is 4.51. The van der Waals surface area contributed by atoms with Gasteiger partial charge in [-0.15, -0.1) is 0 Å². The van der Waals surface area contributed by atoms with Crippen molar-refractivity contribution in [2.75, 3.05) is 13.2 Å². The van der Waals surface area contributed by atoms with E-state index in [4.69, 9.17) is 9.47 Å². The summed E-state index contributed by atoms with van der Waals surface area (Å²) in [6.45, 7) is 9.31. The average Bonchev–Trinajstić information content (AvgIpc) is 2.69. The van der Waals surface area contributed by atoms with Gasteiger partial charge in [-0.1, -0.05) is 26.8 Å². The van der Waals surface area contributed by atoms with Gasteiger partial charge in [0.2, 0.25) is 0 Å². The topological polar surface area (TPSA) is 30.5 Å². The Kier molecular flexibility index (Phi) is 3.63. The maximum absolute atomic E-state index is 5.64. The molecule has 0 amide bonds. The molecule has 1 saturated carbocycles. The third kappa shape index (κ3) is 2.93. The lowest BCUT2D eigenvalue weighted by atomic mass is 9.91. The molecule has 20 heavy (non-hydrogen) atoms. The van der Waals surface area contributed by atoms with Gasteiger partial charge in [-0.2, -0.15) is 0 Å². The fourth-order valence-electron chi connectivity index (χ4n) is 3.61. The van der Waals surface area contributed by atoms with E-state index >= 15 is 0 Å². The Hall–Kier alpha value is -1.22. The number of rotatable bonds is 3. The van der Waals surface area contributed by atoms with Crippen molar-refractivity contribution in [2.24, 2.45) is 11.3 Å². The van der Waals surface area contributed by atoms with E-state index in [9.17, 15) is 0 Å². The Morgan fingerprint density at radius 3 is 2.60 bits per heavy atom. The SMILES string of the molecule is CC1CC(C)(C)CC1NCc1ccc2c(c1)OCCO2. The number of ether oxygens (including phenoxy) is 2. The van der Waals surface area contributed by atoms with Gasteiger partial charge in [-0.05, 0) is 41.9 Å². The van der Waals surface area contributed by atoms with Crippen LogP contribution in [-0.4, -0.2) is 19.3 Å². The zero-order valence-corrected chi connectivity index (χ0v) is 12.7. The van der Waals surface area contributed by atoms with Crippen LogP contribution in [0, 0.1) is 11.3 Å². The molecule has 3 heteroatoms. The highest BCUT2D eigenvalue weighted by Crippen LogP contribution is 2.41. The van der Waals surface area contributed by atoms with E-state index in [-0.39, 0.29) is 0 Å². The van der Waals surface area contributed by atoms with Crippen molar-refractivity contribution >= 4 is 0 Å². The minimum Gasteiger partial charge on any atom is -0.486 e. The van der Waals surface area contributed by atoms with E-state index in [1.807, 2.05) is 6.07 Å². The molecule has 2 atom stereocenters. The average molecular weight is 275 g/mol. The van der Waals surface area contributed by atoms with E-state index in [2.05, 4.69) is 38.2 Å². The molecule has 1 N–H and O–H groups in total. The Morgan fingerprint density at radius 2 is 1.90 bits per heavy atom. The lowest BCUT2D eigenvalue weighted by molar-refractivity contribution is 0.171. The van der Waals surface area contributed by atoms with Gasteiger partial charge >= 0.3 is 0 Å². The predicted octanol–water partition coefficient (Wildman–Crippen LogP) is 3.37. The van der Waals surface area contributed by atoms with Crippen LogP contribution >= 0.6 is 0 Å². The molecular formula is C17H25NO2.